The number of halogens is 1. The third kappa shape index (κ3) is 4.45. The van der Waals surface area contributed by atoms with Gasteiger partial charge < -0.3 is 10.1 Å². The van der Waals surface area contributed by atoms with E-state index in [1.165, 1.54) is 22.5 Å². The zero-order valence-electron chi connectivity index (χ0n) is 17.0. The quantitative estimate of drug-likeness (QED) is 0.627. The van der Waals surface area contributed by atoms with E-state index in [1.54, 1.807) is 0 Å². The number of hydrogen-bond acceptors (Lipinski definition) is 4. The molecule has 8 heteroatoms. The van der Waals surface area contributed by atoms with E-state index >= 15 is 0 Å². The van der Waals surface area contributed by atoms with E-state index < -0.39 is 15.9 Å². The van der Waals surface area contributed by atoms with E-state index in [4.69, 9.17) is 16.3 Å². The molecule has 1 heterocycles. The van der Waals surface area contributed by atoms with E-state index in [0.717, 1.165) is 16.3 Å². The molecule has 162 valence electrons. The first kappa shape index (κ1) is 21.8. The highest BCUT2D eigenvalue weighted by atomic mass is 35.5. The fourth-order valence-electron chi connectivity index (χ4n) is 3.76. The predicted molar refractivity (Wildman–Crippen MR) is 121 cm³/mol. The maximum Gasteiger partial charge on any atom is 0.253 e. The maximum absolute atomic E-state index is 13.0. The molecular formula is C23H23ClN2O4S. The standard InChI is InChI=1S/C23H23ClN2O4S/c1-16(19-8-4-6-17-5-2-3-7-20(17)19)25-23(27)21-15-18(9-10-22(21)24)31(28,29)26-11-13-30-14-12-26/h2-10,15-16H,11-14H2,1H3,(H,25,27). The first-order valence-corrected chi connectivity index (χ1v) is 11.9. The number of morpholine rings is 1. The number of benzene rings is 3. The van der Waals surface area contributed by atoms with E-state index in [9.17, 15) is 13.2 Å². The second-order valence-corrected chi connectivity index (χ2v) is 9.77. The SMILES string of the molecule is CC(NC(=O)c1cc(S(=O)(=O)N2CCOCC2)ccc1Cl)c1cccc2ccccc12. The first-order valence-electron chi connectivity index (χ1n) is 10.0. The third-order valence-electron chi connectivity index (χ3n) is 5.43. The van der Waals surface area contributed by atoms with Gasteiger partial charge in [0.2, 0.25) is 10.0 Å². The van der Waals surface area contributed by atoms with Crippen molar-refractivity contribution >= 4 is 38.3 Å². The Bertz CT molecular complexity index is 1220. The molecule has 1 aliphatic rings. The van der Waals surface area contributed by atoms with Crippen molar-refractivity contribution in [2.75, 3.05) is 26.3 Å². The van der Waals surface area contributed by atoms with Crippen molar-refractivity contribution in [1.29, 1.82) is 0 Å². The average molecular weight is 459 g/mol. The minimum absolute atomic E-state index is 0.0433. The number of rotatable bonds is 5. The summed E-state index contributed by atoms with van der Waals surface area (Å²) in [6.45, 7) is 3.16. The van der Waals surface area contributed by atoms with Crippen LogP contribution in [0.25, 0.3) is 10.8 Å². The molecule has 3 aromatic rings. The normalized spacial score (nSPS) is 16.2. The van der Waals surface area contributed by atoms with Gasteiger partial charge in [-0.1, -0.05) is 54.1 Å². The second kappa shape index (κ2) is 8.96. The second-order valence-electron chi connectivity index (χ2n) is 7.42. The van der Waals surface area contributed by atoms with Gasteiger partial charge in [0.25, 0.3) is 5.91 Å². The average Bonchev–Trinajstić information content (AvgIpc) is 2.79. The Hall–Kier alpha value is -2.45. The molecule has 1 unspecified atom stereocenters. The molecule has 1 fully saturated rings. The smallest absolute Gasteiger partial charge is 0.253 e. The Kier molecular flexibility index (Phi) is 6.29. The van der Waals surface area contributed by atoms with Crippen molar-refractivity contribution in [3.8, 4) is 0 Å². The maximum atomic E-state index is 13.0. The molecule has 6 nitrogen and oxygen atoms in total. The van der Waals surface area contributed by atoms with Crippen LogP contribution in [0.5, 0.6) is 0 Å². The van der Waals surface area contributed by atoms with Crippen LogP contribution < -0.4 is 5.32 Å². The first-order chi connectivity index (χ1) is 14.9. The van der Waals surface area contributed by atoms with E-state index in [1.807, 2.05) is 49.4 Å². The summed E-state index contributed by atoms with van der Waals surface area (Å²) < 4.78 is 32.5. The highest BCUT2D eigenvalue weighted by molar-refractivity contribution is 7.89. The fraction of sp³-hybridized carbons (Fsp3) is 0.261. The number of fused-ring (bicyclic) bond motifs is 1. The molecule has 31 heavy (non-hydrogen) atoms. The van der Waals surface area contributed by atoms with Gasteiger partial charge in [0.15, 0.2) is 0 Å². The van der Waals surface area contributed by atoms with E-state index in [0.29, 0.717) is 13.2 Å². The van der Waals surface area contributed by atoms with Crippen LogP contribution in [0.3, 0.4) is 0 Å². The van der Waals surface area contributed by atoms with Gasteiger partial charge in [-0.05, 0) is 41.5 Å². The molecule has 4 rings (SSSR count). The topological polar surface area (TPSA) is 75.7 Å². The summed E-state index contributed by atoms with van der Waals surface area (Å²) in [7, 11) is -3.73. The molecule has 1 saturated heterocycles. The van der Waals surface area contributed by atoms with Gasteiger partial charge in [0.05, 0.1) is 34.7 Å². The molecule has 0 radical (unpaired) electrons. The molecule has 0 aromatic heterocycles. The Labute approximate surface area is 186 Å². The van der Waals surface area contributed by atoms with Crippen molar-refractivity contribution in [3.63, 3.8) is 0 Å². The van der Waals surface area contributed by atoms with Gasteiger partial charge in [-0.15, -0.1) is 0 Å². The number of ether oxygens (including phenoxy) is 1. The number of nitrogens with zero attached hydrogens (tertiary/aromatic N) is 1. The monoisotopic (exact) mass is 458 g/mol. The van der Waals surface area contributed by atoms with Crippen LogP contribution in [0.4, 0.5) is 0 Å². The molecule has 3 aromatic carbocycles. The highest BCUT2D eigenvalue weighted by Crippen LogP contribution is 2.27. The van der Waals surface area contributed by atoms with Crippen LogP contribution in [0.1, 0.15) is 28.9 Å². The summed E-state index contributed by atoms with van der Waals surface area (Å²) in [5, 5.41) is 5.28. The molecule has 1 amide bonds. The van der Waals surface area contributed by atoms with Crippen LogP contribution >= 0.6 is 11.6 Å². The molecule has 0 saturated carbocycles. The lowest BCUT2D eigenvalue weighted by molar-refractivity contribution is 0.0730. The zero-order valence-corrected chi connectivity index (χ0v) is 18.6. The Morgan fingerprint density at radius 2 is 1.77 bits per heavy atom. The summed E-state index contributed by atoms with van der Waals surface area (Å²) >= 11 is 6.26. The van der Waals surface area contributed by atoms with Crippen molar-refractivity contribution in [3.05, 3.63) is 76.8 Å². The molecule has 0 aliphatic carbocycles. The lowest BCUT2D eigenvalue weighted by Gasteiger charge is -2.26. The number of carbonyl (C=O) groups excluding carboxylic acids is 1. The van der Waals surface area contributed by atoms with Crippen molar-refractivity contribution in [2.45, 2.75) is 17.9 Å². The van der Waals surface area contributed by atoms with Crippen LogP contribution in [-0.2, 0) is 14.8 Å². The summed E-state index contributed by atoms with van der Waals surface area (Å²) in [4.78, 5) is 13.1. The molecule has 0 bridgehead atoms. The molecule has 1 N–H and O–H groups in total. The number of amides is 1. The molecule has 1 aliphatic heterocycles. The van der Waals surface area contributed by atoms with Gasteiger partial charge >= 0.3 is 0 Å². The van der Waals surface area contributed by atoms with Gasteiger partial charge in [-0.2, -0.15) is 4.31 Å². The molecular weight excluding hydrogens is 436 g/mol. The Balaban J connectivity index is 1.60. The molecule has 0 spiro atoms. The van der Waals surface area contributed by atoms with Crippen molar-refractivity contribution in [1.82, 2.24) is 9.62 Å². The van der Waals surface area contributed by atoms with Crippen molar-refractivity contribution < 1.29 is 17.9 Å². The fourth-order valence-corrected chi connectivity index (χ4v) is 5.39. The van der Waals surface area contributed by atoms with Crippen LogP contribution in [-0.4, -0.2) is 44.9 Å². The lowest BCUT2D eigenvalue weighted by Crippen LogP contribution is -2.40. The Morgan fingerprint density at radius 1 is 1.06 bits per heavy atom. The van der Waals surface area contributed by atoms with Gasteiger partial charge in [-0.25, -0.2) is 8.42 Å². The van der Waals surface area contributed by atoms with Crippen LogP contribution in [0.2, 0.25) is 5.02 Å². The molecule has 1 atom stereocenters. The summed E-state index contributed by atoms with van der Waals surface area (Å²) in [5.41, 5.74) is 1.10. The van der Waals surface area contributed by atoms with Crippen molar-refractivity contribution in [2.24, 2.45) is 0 Å². The summed E-state index contributed by atoms with van der Waals surface area (Å²) in [6, 6.07) is 17.8. The highest BCUT2D eigenvalue weighted by Gasteiger charge is 2.28. The van der Waals surface area contributed by atoms with E-state index in [-0.39, 0.29) is 34.6 Å². The number of sulfonamides is 1. The number of nitrogens with one attached hydrogen (secondary N) is 1. The number of hydrogen-bond donors (Lipinski definition) is 1. The lowest BCUT2D eigenvalue weighted by atomic mass is 9.99. The Morgan fingerprint density at radius 3 is 2.55 bits per heavy atom. The predicted octanol–water partition coefficient (Wildman–Crippen LogP) is 4.01. The van der Waals surface area contributed by atoms with E-state index in [2.05, 4.69) is 5.32 Å². The van der Waals surface area contributed by atoms with Gasteiger partial charge in [0.1, 0.15) is 0 Å². The van der Waals surface area contributed by atoms with Crippen LogP contribution in [0, 0.1) is 0 Å². The minimum Gasteiger partial charge on any atom is -0.379 e. The summed E-state index contributed by atoms with van der Waals surface area (Å²) in [6.07, 6.45) is 0. The van der Waals surface area contributed by atoms with Gasteiger partial charge in [-0.3, -0.25) is 4.79 Å². The minimum atomic E-state index is -3.73. The largest absolute Gasteiger partial charge is 0.379 e. The van der Waals surface area contributed by atoms with Gasteiger partial charge in [0, 0.05) is 13.1 Å². The zero-order chi connectivity index (χ0) is 22.0. The van der Waals surface area contributed by atoms with Crippen LogP contribution in [0.15, 0.2) is 65.6 Å². The third-order valence-corrected chi connectivity index (χ3v) is 7.65. The number of carbonyl (C=O) groups is 1. The summed E-state index contributed by atoms with van der Waals surface area (Å²) in [5.74, 6) is -0.426.